The first kappa shape index (κ1) is 13.8. The first-order valence-electron chi connectivity index (χ1n) is 7.33. The summed E-state index contributed by atoms with van der Waals surface area (Å²) in [4.78, 5) is 14.9. The van der Waals surface area contributed by atoms with Crippen LogP contribution in [0.3, 0.4) is 0 Å². The minimum Gasteiger partial charge on any atom is -0.299 e. The maximum atomic E-state index is 12.0. The first-order valence-corrected chi connectivity index (χ1v) is 8.14. The second-order valence-corrected chi connectivity index (χ2v) is 6.77. The zero-order valence-electron chi connectivity index (χ0n) is 11.6. The maximum Gasteiger partial charge on any atom is 0.136 e. The third-order valence-electron chi connectivity index (χ3n) is 4.08. The largest absolute Gasteiger partial charge is 0.299 e. The number of hydrogen-bond acceptors (Lipinski definition) is 2. The van der Waals surface area contributed by atoms with Crippen LogP contribution in [0.2, 0.25) is 0 Å². The number of hydrogen-bond donors (Lipinski definition) is 0. The molecule has 2 atom stereocenters. The summed E-state index contributed by atoms with van der Waals surface area (Å²) in [5, 5.41) is 0. The molecule has 0 N–H and O–H groups in total. The van der Waals surface area contributed by atoms with Crippen LogP contribution in [0.1, 0.15) is 55.7 Å². The number of Topliss-reactive ketones (excluding diaryl/α,β-unsaturated/α-hetero) is 1. The van der Waals surface area contributed by atoms with Gasteiger partial charge in [-0.15, -0.1) is 11.3 Å². The zero-order valence-corrected chi connectivity index (χ0v) is 12.4. The lowest BCUT2D eigenvalue weighted by Gasteiger charge is -2.27. The SMILES string of the molecule is CCCC1CCC(=O)C(Cc2ccc(CC)s2)C1. The van der Waals surface area contributed by atoms with E-state index in [1.165, 1.54) is 22.6 Å². The second kappa shape index (κ2) is 6.51. The molecule has 1 saturated carbocycles. The Kier molecular flexibility index (Phi) is 4.99. The third-order valence-corrected chi connectivity index (χ3v) is 5.33. The Hall–Kier alpha value is -0.630. The Morgan fingerprint density at radius 2 is 2.06 bits per heavy atom. The number of ketones is 1. The Bertz CT molecular complexity index is 394. The van der Waals surface area contributed by atoms with Crippen LogP contribution in [-0.4, -0.2) is 5.78 Å². The van der Waals surface area contributed by atoms with Gasteiger partial charge in [-0.3, -0.25) is 4.79 Å². The van der Waals surface area contributed by atoms with Crippen LogP contribution in [0.25, 0.3) is 0 Å². The van der Waals surface area contributed by atoms with Crippen LogP contribution in [-0.2, 0) is 17.6 Å². The molecule has 0 spiro atoms. The molecule has 0 radical (unpaired) electrons. The van der Waals surface area contributed by atoms with E-state index < -0.39 is 0 Å². The molecule has 0 saturated heterocycles. The highest BCUT2D eigenvalue weighted by Crippen LogP contribution is 2.33. The molecule has 0 aromatic carbocycles. The second-order valence-electron chi connectivity index (χ2n) is 5.52. The summed E-state index contributed by atoms with van der Waals surface area (Å²) in [6, 6.07) is 4.44. The molecule has 18 heavy (non-hydrogen) atoms. The van der Waals surface area contributed by atoms with Crippen LogP contribution in [0.4, 0.5) is 0 Å². The van der Waals surface area contributed by atoms with Gasteiger partial charge in [-0.2, -0.15) is 0 Å². The van der Waals surface area contributed by atoms with Gasteiger partial charge in [-0.05, 0) is 43.7 Å². The maximum absolute atomic E-state index is 12.0. The van der Waals surface area contributed by atoms with Gasteiger partial charge in [0.1, 0.15) is 5.78 Å². The highest BCUT2D eigenvalue weighted by molar-refractivity contribution is 7.12. The molecule has 100 valence electrons. The summed E-state index contributed by atoms with van der Waals surface area (Å²) in [7, 11) is 0. The van der Waals surface area contributed by atoms with E-state index in [4.69, 9.17) is 0 Å². The summed E-state index contributed by atoms with van der Waals surface area (Å²) >= 11 is 1.89. The molecule has 0 bridgehead atoms. The molecule has 2 rings (SSSR count). The van der Waals surface area contributed by atoms with Gasteiger partial charge in [0.2, 0.25) is 0 Å². The van der Waals surface area contributed by atoms with Crippen LogP contribution in [0.15, 0.2) is 12.1 Å². The predicted octanol–water partition coefficient (Wildman–Crippen LogP) is 4.64. The fourth-order valence-corrected chi connectivity index (χ4v) is 4.07. The van der Waals surface area contributed by atoms with Crippen molar-refractivity contribution >= 4 is 17.1 Å². The molecule has 1 aliphatic carbocycles. The molecular weight excluding hydrogens is 240 g/mol. The van der Waals surface area contributed by atoms with Gasteiger partial charge < -0.3 is 0 Å². The predicted molar refractivity (Wildman–Crippen MR) is 78.1 cm³/mol. The molecule has 1 fully saturated rings. The average molecular weight is 264 g/mol. The van der Waals surface area contributed by atoms with Crippen molar-refractivity contribution in [3.05, 3.63) is 21.9 Å². The van der Waals surface area contributed by atoms with Gasteiger partial charge in [0.25, 0.3) is 0 Å². The Labute approximate surface area is 115 Å². The lowest BCUT2D eigenvalue weighted by molar-refractivity contribution is -0.125. The van der Waals surface area contributed by atoms with E-state index in [1.54, 1.807) is 0 Å². The Morgan fingerprint density at radius 1 is 1.28 bits per heavy atom. The molecule has 2 unspecified atom stereocenters. The topological polar surface area (TPSA) is 17.1 Å². The molecule has 0 aliphatic heterocycles. The van der Waals surface area contributed by atoms with E-state index >= 15 is 0 Å². The van der Waals surface area contributed by atoms with E-state index in [2.05, 4.69) is 26.0 Å². The average Bonchev–Trinajstić information content (AvgIpc) is 2.81. The number of thiophene rings is 1. The Balaban J connectivity index is 1.95. The van der Waals surface area contributed by atoms with E-state index in [0.29, 0.717) is 11.7 Å². The molecular formula is C16H24OS. The third kappa shape index (κ3) is 3.44. The molecule has 1 nitrogen and oxygen atoms in total. The monoisotopic (exact) mass is 264 g/mol. The van der Waals surface area contributed by atoms with Crippen molar-refractivity contribution in [1.82, 2.24) is 0 Å². The zero-order chi connectivity index (χ0) is 13.0. The van der Waals surface area contributed by atoms with E-state index in [1.807, 2.05) is 11.3 Å². The summed E-state index contributed by atoms with van der Waals surface area (Å²) in [6.45, 7) is 4.44. The number of rotatable bonds is 5. The Morgan fingerprint density at radius 3 is 2.72 bits per heavy atom. The highest BCUT2D eigenvalue weighted by atomic mass is 32.1. The van der Waals surface area contributed by atoms with Gasteiger partial charge in [0, 0.05) is 22.1 Å². The van der Waals surface area contributed by atoms with Crippen molar-refractivity contribution in [2.75, 3.05) is 0 Å². The smallest absolute Gasteiger partial charge is 0.136 e. The van der Waals surface area contributed by atoms with E-state index in [9.17, 15) is 4.79 Å². The van der Waals surface area contributed by atoms with Gasteiger partial charge >= 0.3 is 0 Å². The molecule has 2 heteroatoms. The fourth-order valence-electron chi connectivity index (χ4n) is 3.03. The number of carbonyl (C=O) groups is 1. The van der Waals surface area contributed by atoms with Crippen LogP contribution in [0, 0.1) is 11.8 Å². The summed E-state index contributed by atoms with van der Waals surface area (Å²) in [5.74, 6) is 1.61. The van der Waals surface area contributed by atoms with Crippen molar-refractivity contribution < 1.29 is 4.79 Å². The van der Waals surface area contributed by atoms with E-state index in [0.717, 1.165) is 38.0 Å². The first-order chi connectivity index (χ1) is 8.72. The molecule has 1 aromatic heterocycles. The number of carbonyl (C=O) groups excluding carboxylic acids is 1. The van der Waals surface area contributed by atoms with Crippen molar-refractivity contribution in [2.45, 2.75) is 58.8 Å². The highest BCUT2D eigenvalue weighted by Gasteiger charge is 2.28. The van der Waals surface area contributed by atoms with Gasteiger partial charge in [-0.1, -0.05) is 26.7 Å². The standard InChI is InChI=1S/C16H24OS/c1-3-5-12-6-9-16(17)13(10-12)11-15-8-7-14(4-2)18-15/h7-8,12-13H,3-6,9-11H2,1-2H3. The normalized spacial score (nSPS) is 24.4. The molecule has 1 heterocycles. The van der Waals surface area contributed by atoms with Crippen LogP contribution in [0.5, 0.6) is 0 Å². The van der Waals surface area contributed by atoms with Crippen molar-refractivity contribution in [3.63, 3.8) is 0 Å². The summed E-state index contributed by atoms with van der Waals surface area (Å²) in [6.07, 6.45) is 7.74. The van der Waals surface area contributed by atoms with Crippen LogP contribution < -0.4 is 0 Å². The minimum atomic E-state index is 0.304. The lowest BCUT2D eigenvalue weighted by atomic mass is 9.77. The van der Waals surface area contributed by atoms with Gasteiger partial charge in [0.15, 0.2) is 0 Å². The lowest BCUT2D eigenvalue weighted by Crippen LogP contribution is -2.26. The molecule has 1 aromatic rings. The van der Waals surface area contributed by atoms with Crippen molar-refractivity contribution in [2.24, 2.45) is 11.8 Å². The summed E-state index contributed by atoms with van der Waals surface area (Å²) < 4.78 is 0. The number of aryl methyl sites for hydroxylation is 1. The molecule has 0 amide bonds. The fraction of sp³-hybridized carbons (Fsp3) is 0.688. The van der Waals surface area contributed by atoms with Crippen LogP contribution >= 0.6 is 11.3 Å². The van der Waals surface area contributed by atoms with Crippen molar-refractivity contribution in [1.29, 1.82) is 0 Å². The van der Waals surface area contributed by atoms with Gasteiger partial charge in [0.05, 0.1) is 0 Å². The van der Waals surface area contributed by atoms with Crippen molar-refractivity contribution in [3.8, 4) is 0 Å². The minimum absolute atomic E-state index is 0.304. The van der Waals surface area contributed by atoms with Gasteiger partial charge in [-0.25, -0.2) is 0 Å². The quantitative estimate of drug-likeness (QED) is 0.757. The molecule has 1 aliphatic rings. The summed E-state index contributed by atoms with van der Waals surface area (Å²) in [5.41, 5.74) is 0. The van der Waals surface area contributed by atoms with E-state index in [-0.39, 0.29) is 0 Å².